The van der Waals surface area contributed by atoms with E-state index < -0.39 is 0 Å². The van der Waals surface area contributed by atoms with Crippen LogP contribution in [0.1, 0.15) is 18.5 Å². The summed E-state index contributed by atoms with van der Waals surface area (Å²) in [5, 5.41) is 2.99. The third kappa shape index (κ3) is 5.44. The predicted molar refractivity (Wildman–Crippen MR) is 86.4 cm³/mol. The normalized spacial score (nSPS) is 11.8. The Kier molecular flexibility index (Phi) is 7.26. The molecule has 114 valence electrons. The molecular formula is C17H24N2O2. The molecule has 4 heteroatoms. The van der Waals surface area contributed by atoms with Crippen molar-refractivity contribution in [3.63, 3.8) is 0 Å². The number of benzene rings is 1. The summed E-state index contributed by atoms with van der Waals surface area (Å²) in [6.07, 6.45) is 3.56. The van der Waals surface area contributed by atoms with Crippen LogP contribution in [-0.2, 0) is 4.79 Å². The van der Waals surface area contributed by atoms with Gasteiger partial charge in [-0.1, -0.05) is 30.4 Å². The molecule has 0 aliphatic carbocycles. The smallest absolute Gasteiger partial charge is 0.234 e. The molecule has 0 saturated carbocycles. The fraction of sp³-hybridized carbons (Fsp3) is 0.353. The minimum atomic E-state index is -0.108. The van der Waals surface area contributed by atoms with E-state index in [0.717, 1.165) is 11.3 Å². The molecule has 1 aromatic carbocycles. The van der Waals surface area contributed by atoms with Crippen LogP contribution < -0.4 is 10.1 Å². The number of para-hydroxylation sites is 1. The van der Waals surface area contributed by atoms with E-state index in [-0.39, 0.29) is 11.9 Å². The molecule has 21 heavy (non-hydrogen) atoms. The molecule has 0 aliphatic heterocycles. The maximum absolute atomic E-state index is 12.1. The quantitative estimate of drug-likeness (QED) is 0.710. The van der Waals surface area contributed by atoms with Gasteiger partial charge < -0.3 is 10.1 Å². The first kappa shape index (κ1) is 17.0. The molecule has 1 rings (SSSR count). The van der Waals surface area contributed by atoms with Gasteiger partial charge in [-0.2, -0.15) is 0 Å². The lowest BCUT2D eigenvalue weighted by atomic mass is 10.1. The van der Waals surface area contributed by atoms with Crippen LogP contribution in [0.3, 0.4) is 0 Å². The van der Waals surface area contributed by atoms with Crippen molar-refractivity contribution in [2.24, 2.45) is 0 Å². The number of amides is 1. The van der Waals surface area contributed by atoms with Gasteiger partial charge in [-0.3, -0.25) is 9.69 Å². The van der Waals surface area contributed by atoms with Gasteiger partial charge in [0.1, 0.15) is 5.75 Å². The molecule has 1 amide bonds. The Morgan fingerprint density at radius 2 is 1.95 bits per heavy atom. The molecule has 0 aliphatic rings. The van der Waals surface area contributed by atoms with E-state index in [4.69, 9.17) is 4.74 Å². The van der Waals surface area contributed by atoms with Crippen LogP contribution in [0.2, 0.25) is 0 Å². The van der Waals surface area contributed by atoms with Gasteiger partial charge in [-0.25, -0.2) is 0 Å². The van der Waals surface area contributed by atoms with Crippen molar-refractivity contribution in [1.82, 2.24) is 10.2 Å². The summed E-state index contributed by atoms with van der Waals surface area (Å²) in [4.78, 5) is 14.1. The second-order valence-electron chi connectivity index (χ2n) is 4.80. The molecule has 0 aromatic heterocycles. The molecule has 0 radical (unpaired) electrons. The highest BCUT2D eigenvalue weighted by molar-refractivity contribution is 5.78. The molecule has 1 N–H and O–H groups in total. The zero-order valence-electron chi connectivity index (χ0n) is 12.8. The molecule has 1 atom stereocenters. The molecule has 0 heterocycles. The van der Waals surface area contributed by atoms with Crippen LogP contribution in [0.5, 0.6) is 5.75 Å². The average molecular weight is 288 g/mol. The van der Waals surface area contributed by atoms with Crippen molar-refractivity contribution in [1.29, 1.82) is 0 Å². The highest BCUT2D eigenvalue weighted by atomic mass is 16.5. The lowest BCUT2D eigenvalue weighted by molar-refractivity contribution is -0.122. The fourth-order valence-electron chi connectivity index (χ4n) is 2.16. The standard InChI is InChI=1S/C17H24N2O2/c1-5-11-19(12-6-2)13-17(20)18-14(3)15-9-7-8-10-16(15)21-4/h5-10,14H,1-2,11-13H2,3-4H3,(H,18,20). The van der Waals surface area contributed by atoms with Crippen LogP contribution in [0.15, 0.2) is 49.6 Å². The van der Waals surface area contributed by atoms with Gasteiger partial charge in [0, 0.05) is 18.7 Å². The molecule has 4 nitrogen and oxygen atoms in total. The Morgan fingerprint density at radius 3 is 2.52 bits per heavy atom. The monoisotopic (exact) mass is 288 g/mol. The van der Waals surface area contributed by atoms with E-state index in [2.05, 4.69) is 18.5 Å². The summed E-state index contributed by atoms with van der Waals surface area (Å²) in [5.74, 6) is 0.747. The summed E-state index contributed by atoms with van der Waals surface area (Å²) >= 11 is 0. The van der Waals surface area contributed by atoms with Gasteiger partial charge >= 0.3 is 0 Å². The minimum Gasteiger partial charge on any atom is -0.496 e. The van der Waals surface area contributed by atoms with E-state index >= 15 is 0 Å². The third-order valence-corrected chi connectivity index (χ3v) is 3.12. The van der Waals surface area contributed by atoms with E-state index in [1.165, 1.54) is 0 Å². The van der Waals surface area contributed by atoms with Gasteiger partial charge in [0.15, 0.2) is 0 Å². The lowest BCUT2D eigenvalue weighted by Crippen LogP contribution is -2.38. The topological polar surface area (TPSA) is 41.6 Å². The van der Waals surface area contributed by atoms with Crippen molar-refractivity contribution in [3.05, 3.63) is 55.1 Å². The highest BCUT2D eigenvalue weighted by Crippen LogP contribution is 2.24. The van der Waals surface area contributed by atoms with E-state index in [1.54, 1.807) is 19.3 Å². The number of nitrogens with zero attached hydrogens (tertiary/aromatic N) is 1. The largest absolute Gasteiger partial charge is 0.496 e. The number of hydrogen-bond acceptors (Lipinski definition) is 3. The number of carbonyl (C=O) groups excluding carboxylic acids is 1. The number of rotatable bonds is 9. The zero-order chi connectivity index (χ0) is 15.7. The van der Waals surface area contributed by atoms with Gasteiger partial charge in [0.05, 0.1) is 19.7 Å². The van der Waals surface area contributed by atoms with Crippen molar-refractivity contribution in [3.8, 4) is 5.75 Å². The van der Waals surface area contributed by atoms with Crippen molar-refractivity contribution in [2.45, 2.75) is 13.0 Å². The number of ether oxygens (including phenoxy) is 1. The first-order chi connectivity index (χ1) is 10.1. The molecule has 1 unspecified atom stereocenters. The molecule has 0 bridgehead atoms. The van der Waals surface area contributed by atoms with Crippen molar-refractivity contribution < 1.29 is 9.53 Å². The third-order valence-electron chi connectivity index (χ3n) is 3.12. The van der Waals surface area contributed by atoms with Gasteiger partial charge in [-0.15, -0.1) is 13.2 Å². The Balaban J connectivity index is 2.64. The second kappa shape index (κ2) is 8.97. The van der Waals surface area contributed by atoms with E-state index in [1.807, 2.05) is 36.1 Å². The van der Waals surface area contributed by atoms with Gasteiger partial charge in [0.25, 0.3) is 0 Å². The number of carbonyl (C=O) groups is 1. The molecule has 1 aromatic rings. The summed E-state index contributed by atoms with van der Waals surface area (Å²) in [7, 11) is 1.63. The fourth-order valence-corrected chi connectivity index (χ4v) is 2.16. The van der Waals surface area contributed by atoms with Crippen LogP contribution in [0, 0.1) is 0 Å². The van der Waals surface area contributed by atoms with Crippen LogP contribution in [0.4, 0.5) is 0 Å². The van der Waals surface area contributed by atoms with Gasteiger partial charge in [-0.05, 0) is 13.0 Å². The Bertz CT molecular complexity index is 475. The maximum atomic E-state index is 12.1. The molecular weight excluding hydrogens is 264 g/mol. The number of hydrogen-bond donors (Lipinski definition) is 1. The summed E-state index contributed by atoms with van der Waals surface area (Å²) in [6, 6.07) is 7.58. The SMILES string of the molecule is C=CCN(CC=C)CC(=O)NC(C)c1ccccc1OC. The zero-order valence-corrected chi connectivity index (χ0v) is 12.8. The first-order valence-electron chi connectivity index (χ1n) is 6.98. The van der Waals surface area contributed by atoms with Crippen LogP contribution in [0.25, 0.3) is 0 Å². The Labute approximate surface area is 127 Å². The first-order valence-corrected chi connectivity index (χ1v) is 6.98. The predicted octanol–water partition coefficient (Wildman–Crippen LogP) is 2.55. The molecule has 0 fully saturated rings. The number of nitrogens with one attached hydrogen (secondary N) is 1. The van der Waals surface area contributed by atoms with Crippen LogP contribution >= 0.6 is 0 Å². The lowest BCUT2D eigenvalue weighted by Gasteiger charge is -2.21. The van der Waals surface area contributed by atoms with E-state index in [9.17, 15) is 4.79 Å². The summed E-state index contributed by atoms with van der Waals surface area (Å²) in [5.41, 5.74) is 0.965. The Morgan fingerprint density at radius 1 is 1.33 bits per heavy atom. The van der Waals surface area contributed by atoms with E-state index in [0.29, 0.717) is 19.6 Å². The van der Waals surface area contributed by atoms with Crippen molar-refractivity contribution in [2.75, 3.05) is 26.7 Å². The number of methoxy groups -OCH3 is 1. The highest BCUT2D eigenvalue weighted by Gasteiger charge is 2.15. The Hall–Kier alpha value is -2.07. The maximum Gasteiger partial charge on any atom is 0.234 e. The minimum absolute atomic E-state index is 0.0305. The molecule has 0 spiro atoms. The summed E-state index contributed by atoms with van der Waals surface area (Å²) < 4.78 is 5.32. The second-order valence-corrected chi connectivity index (χ2v) is 4.80. The molecule has 0 saturated heterocycles. The average Bonchev–Trinajstić information content (AvgIpc) is 2.47. The van der Waals surface area contributed by atoms with Gasteiger partial charge in [0.2, 0.25) is 5.91 Å². The van der Waals surface area contributed by atoms with Crippen molar-refractivity contribution >= 4 is 5.91 Å². The van der Waals surface area contributed by atoms with Crippen LogP contribution in [-0.4, -0.2) is 37.6 Å². The summed E-state index contributed by atoms with van der Waals surface area (Å²) in [6.45, 7) is 11.0.